The van der Waals surface area contributed by atoms with Crippen LogP contribution in [0.1, 0.15) is 5.56 Å². The summed E-state index contributed by atoms with van der Waals surface area (Å²) in [4.78, 5) is 47.4. The Morgan fingerprint density at radius 2 is 1.86 bits per heavy atom. The van der Waals surface area contributed by atoms with Gasteiger partial charge in [-0.3, -0.25) is 18.7 Å². The molecule has 0 saturated heterocycles. The lowest BCUT2D eigenvalue weighted by molar-refractivity contribution is -0.142. The van der Waals surface area contributed by atoms with Crippen molar-refractivity contribution in [3.63, 3.8) is 0 Å². The monoisotopic (exact) mass is 402 g/mol. The number of nitrogens with zero attached hydrogens (tertiary/aromatic N) is 3. The minimum Gasteiger partial charge on any atom is -0.451 e. The van der Waals surface area contributed by atoms with E-state index in [0.717, 1.165) is 15.2 Å². The number of anilines is 1. The summed E-state index contributed by atoms with van der Waals surface area (Å²) in [7, 11) is 2.67. The highest BCUT2D eigenvalue weighted by Gasteiger charge is 2.15. The summed E-state index contributed by atoms with van der Waals surface area (Å²) in [5.74, 6) is -1.82. The third-order valence-electron chi connectivity index (χ3n) is 3.65. The van der Waals surface area contributed by atoms with Gasteiger partial charge in [0.25, 0.3) is 11.5 Å². The summed E-state index contributed by atoms with van der Waals surface area (Å²) in [6, 6.07) is 9.16. The zero-order valence-electron chi connectivity index (χ0n) is 14.9. The molecule has 1 amide bonds. The number of benzene rings is 1. The van der Waals surface area contributed by atoms with E-state index in [4.69, 9.17) is 21.6 Å². The van der Waals surface area contributed by atoms with Crippen molar-refractivity contribution in [1.82, 2.24) is 9.13 Å². The quantitative estimate of drug-likeness (QED) is 0.449. The molecule has 0 aliphatic rings. The molecule has 1 aromatic heterocycles. The number of nitriles is 1. The molecule has 2 aromatic rings. The lowest BCUT2D eigenvalue weighted by Gasteiger charge is -2.10. The second-order valence-corrected chi connectivity index (χ2v) is 6.05. The van der Waals surface area contributed by atoms with E-state index >= 15 is 0 Å². The van der Waals surface area contributed by atoms with Gasteiger partial charge in [-0.1, -0.05) is 23.7 Å². The maximum Gasteiger partial charge on any atom is 0.349 e. The van der Waals surface area contributed by atoms with E-state index in [1.165, 1.54) is 20.2 Å². The van der Waals surface area contributed by atoms with Crippen molar-refractivity contribution >= 4 is 35.4 Å². The van der Waals surface area contributed by atoms with E-state index in [-0.39, 0.29) is 11.4 Å². The number of ether oxygens (including phenoxy) is 1. The minimum absolute atomic E-state index is 0.0497. The lowest BCUT2D eigenvalue weighted by atomic mass is 10.1. The normalized spacial score (nSPS) is 10.9. The molecule has 144 valence electrons. The second kappa shape index (κ2) is 8.83. The first-order valence-corrected chi connectivity index (χ1v) is 8.22. The molecule has 10 heteroatoms. The number of halogens is 1. The third kappa shape index (κ3) is 4.96. The molecule has 0 spiro atoms. The molecule has 0 unspecified atom stereocenters. The van der Waals surface area contributed by atoms with Crippen LogP contribution in [-0.2, 0) is 28.4 Å². The van der Waals surface area contributed by atoms with Crippen LogP contribution < -0.4 is 16.6 Å². The molecule has 0 atom stereocenters. The van der Waals surface area contributed by atoms with E-state index in [0.29, 0.717) is 10.6 Å². The van der Waals surface area contributed by atoms with E-state index in [1.54, 1.807) is 30.3 Å². The van der Waals surface area contributed by atoms with Gasteiger partial charge in [-0.15, -0.1) is 0 Å². The smallest absolute Gasteiger partial charge is 0.349 e. The first kappa shape index (κ1) is 20.7. The Hall–Kier alpha value is -3.64. The Morgan fingerprint density at radius 3 is 2.46 bits per heavy atom. The molecule has 0 aliphatic heterocycles. The zero-order valence-corrected chi connectivity index (χ0v) is 15.7. The Labute approximate surface area is 164 Å². The first-order valence-electron chi connectivity index (χ1n) is 7.84. The van der Waals surface area contributed by atoms with Crippen LogP contribution in [-0.4, -0.2) is 27.6 Å². The number of carbonyl (C=O) groups is 2. The molecular formula is C18H15ClN4O5. The van der Waals surface area contributed by atoms with Crippen molar-refractivity contribution < 1.29 is 14.3 Å². The largest absolute Gasteiger partial charge is 0.451 e. The van der Waals surface area contributed by atoms with Crippen molar-refractivity contribution in [3.05, 3.63) is 67.3 Å². The molecule has 1 heterocycles. The fourth-order valence-corrected chi connectivity index (χ4v) is 2.23. The molecule has 1 aromatic carbocycles. The minimum atomic E-state index is -0.995. The number of esters is 1. The van der Waals surface area contributed by atoms with Gasteiger partial charge in [0.05, 0.1) is 0 Å². The topological polar surface area (TPSA) is 123 Å². The van der Waals surface area contributed by atoms with Crippen molar-refractivity contribution in [2.75, 3.05) is 11.9 Å². The van der Waals surface area contributed by atoms with Crippen LogP contribution in [0.5, 0.6) is 0 Å². The van der Waals surface area contributed by atoms with E-state index in [9.17, 15) is 19.2 Å². The summed E-state index contributed by atoms with van der Waals surface area (Å²) in [6.07, 6.45) is 1.29. The van der Waals surface area contributed by atoms with Crippen molar-refractivity contribution in [2.45, 2.75) is 0 Å². The number of amides is 1. The molecule has 2 rings (SSSR count). The maximum absolute atomic E-state index is 12.0. The molecule has 0 fully saturated rings. The first-order chi connectivity index (χ1) is 13.2. The van der Waals surface area contributed by atoms with Crippen molar-refractivity contribution in [3.8, 4) is 6.07 Å². The molecule has 0 aliphatic carbocycles. The fraction of sp³-hybridized carbons (Fsp3) is 0.167. The fourth-order valence-electron chi connectivity index (χ4n) is 2.10. The molecule has 28 heavy (non-hydrogen) atoms. The van der Waals surface area contributed by atoms with E-state index in [1.807, 2.05) is 0 Å². The molecule has 0 saturated carbocycles. The van der Waals surface area contributed by atoms with E-state index < -0.39 is 29.7 Å². The SMILES string of the molecule is Cn1c(NC(=O)COC(=O)C(C#N)=Cc2ccc(Cl)cc2)cc(=O)n(C)c1=O. The van der Waals surface area contributed by atoms with Gasteiger partial charge in [0.1, 0.15) is 17.5 Å². The van der Waals surface area contributed by atoms with Gasteiger partial charge in [0, 0.05) is 25.2 Å². The Morgan fingerprint density at radius 1 is 1.21 bits per heavy atom. The summed E-state index contributed by atoms with van der Waals surface area (Å²) >= 11 is 5.77. The third-order valence-corrected chi connectivity index (χ3v) is 3.90. The van der Waals surface area contributed by atoms with Crippen LogP contribution in [0.4, 0.5) is 5.82 Å². The predicted octanol–water partition coefficient (Wildman–Crippen LogP) is 0.826. The Balaban J connectivity index is 2.05. The zero-order chi connectivity index (χ0) is 20.8. The summed E-state index contributed by atoms with van der Waals surface area (Å²) in [5, 5.41) is 11.9. The van der Waals surface area contributed by atoms with Crippen molar-refractivity contribution in [1.29, 1.82) is 5.26 Å². The number of rotatable bonds is 5. The van der Waals surface area contributed by atoms with Gasteiger partial charge in [0.2, 0.25) is 0 Å². The second-order valence-electron chi connectivity index (χ2n) is 5.61. The van der Waals surface area contributed by atoms with Crippen molar-refractivity contribution in [2.24, 2.45) is 14.1 Å². The van der Waals surface area contributed by atoms with Gasteiger partial charge >= 0.3 is 11.7 Å². The summed E-state index contributed by atoms with van der Waals surface area (Å²) < 4.78 is 6.74. The Bertz CT molecular complexity index is 1110. The predicted molar refractivity (Wildman–Crippen MR) is 102 cm³/mol. The molecule has 0 bridgehead atoms. The maximum atomic E-state index is 12.0. The van der Waals surface area contributed by atoms with Crippen LogP contribution in [0.3, 0.4) is 0 Å². The number of hydrogen-bond donors (Lipinski definition) is 1. The standard InChI is InChI=1S/C18H15ClN4O5/c1-22-14(8-16(25)23(2)18(22)27)21-15(24)10-28-17(26)12(9-20)7-11-3-5-13(19)6-4-11/h3-8H,10H2,1-2H3,(H,21,24). The van der Waals surface area contributed by atoms with Crippen LogP contribution >= 0.6 is 11.6 Å². The highest BCUT2D eigenvalue weighted by molar-refractivity contribution is 6.30. The molecule has 9 nitrogen and oxygen atoms in total. The highest BCUT2D eigenvalue weighted by Crippen LogP contribution is 2.13. The molecule has 0 radical (unpaired) electrons. The number of aromatic nitrogens is 2. The van der Waals surface area contributed by atoms with Crippen LogP contribution in [0.2, 0.25) is 5.02 Å². The molecular weight excluding hydrogens is 388 g/mol. The lowest BCUT2D eigenvalue weighted by Crippen LogP contribution is -2.38. The highest BCUT2D eigenvalue weighted by atomic mass is 35.5. The van der Waals surface area contributed by atoms with Crippen LogP contribution in [0, 0.1) is 11.3 Å². The van der Waals surface area contributed by atoms with Gasteiger partial charge in [0.15, 0.2) is 6.61 Å². The molecule has 1 N–H and O–H groups in total. The van der Waals surface area contributed by atoms with Crippen LogP contribution in [0.25, 0.3) is 6.08 Å². The Kier molecular flexibility index (Phi) is 6.52. The number of nitrogens with one attached hydrogen (secondary N) is 1. The number of hydrogen-bond acceptors (Lipinski definition) is 6. The number of carbonyl (C=O) groups excluding carboxylic acids is 2. The van der Waals surface area contributed by atoms with Gasteiger partial charge < -0.3 is 10.1 Å². The van der Waals surface area contributed by atoms with Gasteiger partial charge in [-0.05, 0) is 23.8 Å². The average Bonchev–Trinajstić information content (AvgIpc) is 2.68. The van der Waals surface area contributed by atoms with Gasteiger partial charge in [-0.25, -0.2) is 9.59 Å². The van der Waals surface area contributed by atoms with Crippen LogP contribution in [0.15, 0.2) is 45.5 Å². The average molecular weight is 403 g/mol. The van der Waals surface area contributed by atoms with E-state index in [2.05, 4.69) is 5.32 Å². The van der Waals surface area contributed by atoms with Gasteiger partial charge in [-0.2, -0.15) is 5.26 Å². The summed E-state index contributed by atoms with van der Waals surface area (Å²) in [5.41, 5.74) is -0.987. The summed E-state index contributed by atoms with van der Waals surface area (Å²) in [6.45, 7) is -0.706.